The summed E-state index contributed by atoms with van der Waals surface area (Å²) in [6.45, 7) is 1.72. The van der Waals surface area contributed by atoms with Crippen LogP contribution < -0.4 is 5.32 Å². The van der Waals surface area contributed by atoms with E-state index in [2.05, 4.69) is 5.32 Å². The minimum atomic E-state index is -0.743. The van der Waals surface area contributed by atoms with Gasteiger partial charge in [0.1, 0.15) is 12.4 Å². The number of ether oxygens (including phenoxy) is 2. The lowest BCUT2D eigenvalue weighted by molar-refractivity contribution is -0.141. The predicted molar refractivity (Wildman–Crippen MR) is 217 cm³/mol. The van der Waals surface area contributed by atoms with Crippen LogP contribution in [0, 0.1) is 5.92 Å². The Labute approximate surface area is 324 Å². The number of carbonyl (C=O) groups is 4. The van der Waals surface area contributed by atoms with E-state index < -0.39 is 11.9 Å². The van der Waals surface area contributed by atoms with Crippen LogP contribution in [0.4, 0.5) is 0 Å². The van der Waals surface area contributed by atoms with Crippen molar-refractivity contribution in [3.8, 4) is 0 Å². The van der Waals surface area contributed by atoms with Crippen molar-refractivity contribution in [3.63, 3.8) is 0 Å². The first-order valence-electron chi connectivity index (χ1n) is 18.8. The number of nitrogens with one attached hydrogen (secondary N) is 1. The molecule has 0 aromatic heterocycles. The number of rotatable bonds is 35. The van der Waals surface area contributed by atoms with Crippen LogP contribution in [0.5, 0.6) is 0 Å². The van der Waals surface area contributed by atoms with Gasteiger partial charge in [0.15, 0.2) is 2.74 Å². The van der Waals surface area contributed by atoms with E-state index in [0.717, 1.165) is 38.5 Å². The molecule has 9 nitrogen and oxygen atoms in total. The fourth-order valence-electron chi connectivity index (χ4n) is 5.56. The van der Waals surface area contributed by atoms with Gasteiger partial charge < -0.3 is 25.0 Å². The van der Waals surface area contributed by atoms with E-state index in [1.807, 2.05) is 21.6 Å². The van der Waals surface area contributed by atoms with Gasteiger partial charge in [-0.1, -0.05) is 139 Å². The van der Waals surface area contributed by atoms with Crippen LogP contribution in [0.15, 0.2) is 0 Å². The number of unbranched alkanes of at least 4 members (excludes halogenated alkanes) is 16. The topological polar surface area (TPSA) is 139 Å². The second-order valence-electron chi connectivity index (χ2n) is 13.0. The van der Waals surface area contributed by atoms with Gasteiger partial charge >= 0.3 is 11.9 Å². The lowest BCUT2D eigenvalue weighted by Gasteiger charge is -2.27. The Kier molecular flexibility index (Phi) is 28.1. The van der Waals surface area contributed by atoms with Crippen molar-refractivity contribution in [2.75, 3.05) is 33.0 Å². The Morgan fingerprint density at radius 1 is 0.580 bits per heavy atom. The standard InChI is InChI=1S/C35H61NO8S6/c37-29(20-15-13-11-9-7-5-3-1-2-4-6-8-10-12-14-16-23-32(39)40)21-19-25-43-26-27-44-28-31(38)36-24-18-17-22-30(33(41)42)34-45-47-35(48-46-34)49-50-35/h30,34H,1-28H2,(H,36,38)(H,39,40)(H,41,42)/t30-/m0/s1. The molecule has 1 amide bonds. The Morgan fingerprint density at radius 2 is 1.08 bits per heavy atom. The molecular formula is C35H61NO8S6. The van der Waals surface area contributed by atoms with Crippen molar-refractivity contribution in [2.24, 2.45) is 5.92 Å². The number of ketones is 1. The van der Waals surface area contributed by atoms with Crippen molar-refractivity contribution in [2.45, 2.75) is 155 Å². The number of carboxylic acids is 2. The van der Waals surface area contributed by atoms with E-state index >= 15 is 0 Å². The summed E-state index contributed by atoms with van der Waals surface area (Å²) in [6, 6.07) is 0. The van der Waals surface area contributed by atoms with Crippen molar-refractivity contribution in [3.05, 3.63) is 0 Å². The summed E-state index contributed by atoms with van der Waals surface area (Å²) in [5.74, 6) is -1.68. The molecule has 2 aliphatic rings. The van der Waals surface area contributed by atoms with Gasteiger partial charge in [0.25, 0.3) is 0 Å². The first kappa shape index (κ1) is 46.3. The second kappa shape index (κ2) is 30.4. The number of Topliss-reactive ketones (excluding diaryl/α,β-unsaturated/α-hetero) is 1. The van der Waals surface area contributed by atoms with Crippen LogP contribution in [0.3, 0.4) is 0 Å². The van der Waals surface area contributed by atoms with Gasteiger partial charge in [0.2, 0.25) is 5.91 Å². The zero-order valence-corrected chi connectivity index (χ0v) is 34.6. The van der Waals surface area contributed by atoms with E-state index in [4.69, 9.17) is 14.6 Å². The highest BCUT2D eigenvalue weighted by Crippen LogP contribution is 2.84. The van der Waals surface area contributed by atoms with Crippen LogP contribution in [0.1, 0.15) is 148 Å². The molecule has 2 fully saturated rings. The van der Waals surface area contributed by atoms with E-state index in [-0.39, 0.29) is 25.8 Å². The Morgan fingerprint density at radius 3 is 1.60 bits per heavy atom. The molecule has 0 aliphatic carbocycles. The fraction of sp³-hybridized carbons (Fsp3) is 0.886. The molecule has 0 saturated carbocycles. The summed E-state index contributed by atoms with van der Waals surface area (Å²) in [5.41, 5.74) is 0. The maximum atomic E-state index is 12.1. The van der Waals surface area contributed by atoms with E-state index in [0.29, 0.717) is 64.3 Å². The second-order valence-corrected chi connectivity index (χ2v) is 22.6. The van der Waals surface area contributed by atoms with Crippen LogP contribution in [-0.2, 0) is 28.7 Å². The van der Waals surface area contributed by atoms with Crippen LogP contribution in [0.2, 0.25) is 0 Å². The number of hydrogen-bond donors (Lipinski definition) is 3. The van der Waals surface area contributed by atoms with Gasteiger partial charge in [-0.2, -0.15) is 0 Å². The third-order valence-electron chi connectivity index (χ3n) is 8.56. The number of amides is 1. The van der Waals surface area contributed by atoms with Gasteiger partial charge in [-0.3, -0.25) is 19.2 Å². The Balaban J connectivity index is 1.25. The summed E-state index contributed by atoms with van der Waals surface area (Å²) in [7, 11) is 10.6. The average molecular weight is 816 g/mol. The molecule has 0 aromatic rings. The normalized spacial score (nSPS) is 16.0. The molecule has 0 bridgehead atoms. The third kappa shape index (κ3) is 25.2. The molecule has 0 unspecified atom stereocenters. The summed E-state index contributed by atoms with van der Waals surface area (Å²) in [5, 5.41) is 21.2. The molecule has 3 N–H and O–H groups in total. The SMILES string of the molecule is O=C(O)CCCCCCCCCCCCCCCCCCC(=O)CCCOCCOCC(=O)NCCCC[C@@H](C(=O)O)C1SSC2(SS1)SS2. The van der Waals surface area contributed by atoms with Gasteiger partial charge in [-0.05, 0) is 53.7 Å². The van der Waals surface area contributed by atoms with Gasteiger partial charge in [-0.15, -0.1) is 0 Å². The first-order chi connectivity index (χ1) is 24.3. The molecule has 2 heterocycles. The monoisotopic (exact) mass is 815 g/mol. The molecule has 2 aliphatic heterocycles. The van der Waals surface area contributed by atoms with Crippen molar-refractivity contribution < 1.29 is 38.9 Å². The minimum Gasteiger partial charge on any atom is -0.481 e. The largest absolute Gasteiger partial charge is 0.481 e. The van der Waals surface area contributed by atoms with Crippen molar-refractivity contribution >= 4 is 88.4 Å². The Bertz CT molecular complexity index is 935. The molecule has 50 heavy (non-hydrogen) atoms. The average Bonchev–Trinajstić information content (AvgIpc) is 3.85. The molecular weight excluding hydrogens is 755 g/mol. The summed E-state index contributed by atoms with van der Waals surface area (Å²) in [4.78, 5) is 46.4. The molecule has 0 aromatic carbocycles. The molecule has 2 rings (SSSR count). The zero-order chi connectivity index (χ0) is 36.1. The number of carbonyl (C=O) groups excluding carboxylic acids is 2. The van der Waals surface area contributed by atoms with Gasteiger partial charge in [0, 0.05) is 32.4 Å². The molecule has 15 heteroatoms. The zero-order valence-electron chi connectivity index (χ0n) is 29.7. The summed E-state index contributed by atoms with van der Waals surface area (Å²) in [6.07, 6.45) is 23.7. The number of aliphatic carboxylic acids is 2. The van der Waals surface area contributed by atoms with Crippen LogP contribution in [-0.4, -0.2) is 74.1 Å². The van der Waals surface area contributed by atoms with Crippen molar-refractivity contribution in [1.29, 1.82) is 0 Å². The van der Waals surface area contributed by atoms with E-state index in [1.54, 1.807) is 43.2 Å². The highest BCUT2D eigenvalue weighted by molar-refractivity contribution is 9.14. The lowest BCUT2D eigenvalue weighted by Crippen LogP contribution is -2.29. The minimum absolute atomic E-state index is 0.0248. The van der Waals surface area contributed by atoms with E-state index in [9.17, 15) is 24.3 Å². The molecule has 1 spiro atoms. The lowest BCUT2D eigenvalue weighted by atomic mass is 10.0. The maximum absolute atomic E-state index is 12.1. The number of hydrogen-bond acceptors (Lipinski definition) is 12. The highest BCUT2D eigenvalue weighted by Gasteiger charge is 2.53. The summed E-state index contributed by atoms with van der Waals surface area (Å²) < 4.78 is 11.2. The maximum Gasteiger partial charge on any atom is 0.308 e. The van der Waals surface area contributed by atoms with Crippen LogP contribution in [0.25, 0.3) is 0 Å². The summed E-state index contributed by atoms with van der Waals surface area (Å²) >= 11 is 0. The van der Waals surface area contributed by atoms with E-state index in [1.165, 1.54) is 77.0 Å². The smallest absolute Gasteiger partial charge is 0.308 e. The molecule has 290 valence electrons. The Hall–Kier alpha value is 0.100. The quantitative estimate of drug-likeness (QED) is 0.0318. The molecule has 2 saturated heterocycles. The van der Waals surface area contributed by atoms with Crippen LogP contribution >= 0.6 is 64.8 Å². The third-order valence-corrected chi connectivity index (χ3v) is 22.4. The fourth-order valence-corrected chi connectivity index (χ4v) is 19.4. The van der Waals surface area contributed by atoms with Gasteiger partial charge in [-0.25, -0.2) is 0 Å². The molecule has 1 atom stereocenters. The highest BCUT2D eigenvalue weighted by atomic mass is 33.2. The number of carboxylic acid groups (broad SMARTS) is 2. The van der Waals surface area contributed by atoms with Gasteiger partial charge in [0.05, 0.1) is 23.7 Å². The van der Waals surface area contributed by atoms with Crippen molar-refractivity contribution in [1.82, 2.24) is 5.32 Å². The molecule has 0 radical (unpaired) electrons. The predicted octanol–water partition coefficient (Wildman–Crippen LogP) is 10.6. The first-order valence-corrected chi connectivity index (χ1v) is 25.3.